The van der Waals surface area contributed by atoms with Gasteiger partial charge in [0.1, 0.15) is 12.2 Å². The first-order chi connectivity index (χ1) is 15.6. The van der Waals surface area contributed by atoms with Gasteiger partial charge >= 0.3 is 0 Å². The molecule has 3 aromatic rings. The summed E-state index contributed by atoms with van der Waals surface area (Å²) in [5.41, 5.74) is 9.92. The van der Waals surface area contributed by atoms with Crippen LogP contribution in [0.25, 0.3) is 17.0 Å². The van der Waals surface area contributed by atoms with Crippen LogP contribution >= 0.6 is 0 Å². The van der Waals surface area contributed by atoms with Crippen LogP contribution in [0.3, 0.4) is 0 Å². The number of aromatic amines is 1. The Kier molecular flexibility index (Phi) is 5.10. The van der Waals surface area contributed by atoms with Crippen molar-refractivity contribution in [3.8, 4) is 11.4 Å². The molecule has 32 heavy (non-hydrogen) atoms. The number of rotatable bonds is 6. The molecular weight excluding hydrogens is 400 g/mol. The third-order valence-corrected chi connectivity index (χ3v) is 5.45. The molecule has 1 atom stereocenters. The van der Waals surface area contributed by atoms with Gasteiger partial charge in [0, 0.05) is 31.6 Å². The summed E-state index contributed by atoms with van der Waals surface area (Å²) >= 11 is 0. The molecule has 0 bridgehead atoms. The SMILES string of the molecule is Cc1cccc(-c2[nH]c(CNc3ccccc3N(C)C)nc2C2=CN3NC=NC3C=C2)n1. The van der Waals surface area contributed by atoms with Gasteiger partial charge in [-0.3, -0.25) is 15.4 Å². The van der Waals surface area contributed by atoms with Crippen molar-refractivity contribution in [3.05, 3.63) is 78.0 Å². The number of pyridine rings is 1. The Labute approximate surface area is 187 Å². The summed E-state index contributed by atoms with van der Waals surface area (Å²) in [6.45, 7) is 2.56. The van der Waals surface area contributed by atoms with E-state index in [0.29, 0.717) is 6.54 Å². The molecule has 1 unspecified atom stereocenters. The van der Waals surface area contributed by atoms with Gasteiger partial charge in [0.2, 0.25) is 0 Å². The Balaban J connectivity index is 1.49. The number of para-hydroxylation sites is 2. The van der Waals surface area contributed by atoms with Gasteiger partial charge in [0.05, 0.1) is 35.0 Å². The van der Waals surface area contributed by atoms with Crippen molar-refractivity contribution in [2.45, 2.75) is 19.6 Å². The summed E-state index contributed by atoms with van der Waals surface area (Å²) in [4.78, 5) is 19.7. The Hall–Kier alpha value is -4.07. The molecule has 2 aromatic heterocycles. The third kappa shape index (κ3) is 3.82. The number of imidazole rings is 1. The van der Waals surface area contributed by atoms with Crippen LogP contribution in [0.1, 0.15) is 17.2 Å². The van der Waals surface area contributed by atoms with Gasteiger partial charge in [-0.1, -0.05) is 24.3 Å². The van der Waals surface area contributed by atoms with Crippen LogP contribution < -0.4 is 15.6 Å². The van der Waals surface area contributed by atoms with Gasteiger partial charge in [-0.25, -0.2) is 9.98 Å². The molecule has 4 heterocycles. The largest absolute Gasteiger partial charge is 0.376 e. The zero-order valence-corrected chi connectivity index (χ0v) is 18.4. The lowest BCUT2D eigenvalue weighted by Crippen LogP contribution is -2.34. The van der Waals surface area contributed by atoms with Crippen LogP contribution in [-0.4, -0.2) is 46.6 Å². The number of hydrogen-bond acceptors (Lipinski definition) is 7. The maximum Gasteiger partial charge on any atom is 0.159 e. The van der Waals surface area contributed by atoms with Crippen molar-refractivity contribution in [2.24, 2.45) is 4.99 Å². The molecule has 0 amide bonds. The lowest BCUT2D eigenvalue weighted by molar-refractivity contribution is 0.317. The van der Waals surface area contributed by atoms with E-state index >= 15 is 0 Å². The smallest absolute Gasteiger partial charge is 0.159 e. The number of aryl methyl sites for hydroxylation is 1. The average molecular weight is 427 g/mol. The van der Waals surface area contributed by atoms with Crippen LogP contribution in [0.2, 0.25) is 0 Å². The predicted octanol–water partition coefficient (Wildman–Crippen LogP) is 3.54. The standard InChI is InChI=1S/C24H26N8/c1-16-7-6-9-19(28-16)24-23(17-11-12-22-26-15-27-32(22)14-17)29-21(30-24)13-25-18-8-4-5-10-20(18)31(2)3/h4-12,14-15,22,25H,13H2,1-3H3,(H,26,27)(H,29,30). The van der Waals surface area contributed by atoms with Gasteiger partial charge in [-0.05, 0) is 37.3 Å². The number of nitrogens with zero attached hydrogens (tertiary/aromatic N) is 5. The Morgan fingerprint density at radius 1 is 1.09 bits per heavy atom. The summed E-state index contributed by atoms with van der Waals surface area (Å²) in [5.74, 6) is 0.842. The van der Waals surface area contributed by atoms with Crippen molar-refractivity contribution >= 4 is 23.3 Å². The maximum absolute atomic E-state index is 4.96. The molecule has 0 saturated heterocycles. The summed E-state index contributed by atoms with van der Waals surface area (Å²) in [6, 6.07) is 14.3. The maximum atomic E-state index is 4.96. The zero-order valence-electron chi connectivity index (χ0n) is 18.4. The minimum Gasteiger partial charge on any atom is -0.376 e. The second kappa shape index (κ2) is 8.22. The summed E-state index contributed by atoms with van der Waals surface area (Å²) in [7, 11) is 4.08. The average Bonchev–Trinajstić information content (AvgIpc) is 3.44. The predicted molar refractivity (Wildman–Crippen MR) is 129 cm³/mol. The van der Waals surface area contributed by atoms with E-state index in [1.54, 1.807) is 6.34 Å². The molecule has 1 aromatic carbocycles. The highest BCUT2D eigenvalue weighted by Crippen LogP contribution is 2.31. The quantitative estimate of drug-likeness (QED) is 0.559. The third-order valence-electron chi connectivity index (χ3n) is 5.45. The highest BCUT2D eigenvalue weighted by Gasteiger charge is 2.23. The molecule has 0 radical (unpaired) electrons. The molecule has 5 rings (SSSR count). The second-order valence-corrected chi connectivity index (χ2v) is 8.01. The van der Waals surface area contributed by atoms with Crippen molar-refractivity contribution in [2.75, 3.05) is 24.3 Å². The van der Waals surface area contributed by atoms with Crippen molar-refractivity contribution in [3.63, 3.8) is 0 Å². The number of aromatic nitrogens is 3. The number of hydrogen-bond donors (Lipinski definition) is 3. The fraction of sp³-hybridized carbons (Fsp3) is 0.208. The van der Waals surface area contributed by atoms with E-state index in [2.05, 4.69) is 49.9 Å². The fourth-order valence-electron chi connectivity index (χ4n) is 3.88. The topological polar surface area (TPSA) is 84.5 Å². The highest BCUT2D eigenvalue weighted by atomic mass is 15.6. The molecule has 0 saturated carbocycles. The molecule has 162 valence electrons. The van der Waals surface area contributed by atoms with Crippen LogP contribution in [0.5, 0.6) is 0 Å². The van der Waals surface area contributed by atoms with Crippen LogP contribution in [0.4, 0.5) is 11.4 Å². The van der Waals surface area contributed by atoms with E-state index in [0.717, 1.165) is 45.5 Å². The number of allylic oxidation sites excluding steroid dienone is 2. The summed E-state index contributed by atoms with van der Waals surface area (Å²) in [6.07, 6.45) is 7.85. The van der Waals surface area contributed by atoms with Gasteiger partial charge in [0.25, 0.3) is 0 Å². The number of H-pyrrole nitrogens is 1. The monoisotopic (exact) mass is 426 g/mol. The minimum absolute atomic E-state index is 0.0121. The Bertz CT molecular complexity index is 1220. The van der Waals surface area contributed by atoms with Crippen LogP contribution in [0.15, 0.2) is 65.8 Å². The van der Waals surface area contributed by atoms with Crippen LogP contribution in [0, 0.1) is 6.92 Å². The van der Waals surface area contributed by atoms with Crippen LogP contribution in [-0.2, 0) is 6.54 Å². The fourth-order valence-corrected chi connectivity index (χ4v) is 3.88. The van der Waals surface area contributed by atoms with Gasteiger partial charge in [-0.2, -0.15) is 0 Å². The van der Waals surface area contributed by atoms with E-state index < -0.39 is 0 Å². The normalized spacial score (nSPS) is 16.5. The summed E-state index contributed by atoms with van der Waals surface area (Å²) < 4.78 is 0. The van der Waals surface area contributed by atoms with Crippen molar-refractivity contribution in [1.82, 2.24) is 25.4 Å². The van der Waals surface area contributed by atoms with Gasteiger partial charge in [-0.15, -0.1) is 0 Å². The van der Waals surface area contributed by atoms with Crippen molar-refractivity contribution < 1.29 is 0 Å². The number of anilines is 2. The zero-order chi connectivity index (χ0) is 22.1. The Morgan fingerprint density at radius 3 is 2.81 bits per heavy atom. The first kappa shape index (κ1) is 19.9. The molecule has 8 heteroatoms. The first-order valence-electron chi connectivity index (χ1n) is 10.6. The molecule has 0 spiro atoms. The molecular formula is C24H26N8. The molecule has 2 aliphatic heterocycles. The van der Waals surface area contributed by atoms with E-state index in [-0.39, 0.29) is 6.17 Å². The van der Waals surface area contributed by atoms with Gasteiger partial charge < -0.3 is 15.2 Å². The summed E-state index contributed by atoms with van der Waals surface area (Å²) in [5, 5.41) is 5.48. The molecule has 0 fully saturated rings. The highest BCUT2D eigenvalue weighted by molar-refractivity contribution is 5.82. The number of fused-ring (bicyclic) bond motifs is 1. The van der Waals surface area contributed by atoms with Gasteiger partial charge in [0.15, 0.2) is 6.17 Å². The number of benzene rings is 1. The lowest BCUT2D eigenvalue weighted by Gasteiger charge is -2.22. The van der Waals surface area contributed by atoms with E-state index in [9.17, 15) is 0 Å². The molecule has 3 N–H and O–H groups in total. The van der Waals surface area contributed by atoms with E-state index in [1.165, 1.54) is 0 Å². The molecule has 0 aliphatic carbocycles. The minimum atomic E-state index is -0.0121. The molecule has 2 aliphatic rings. The lowest BCUT2D eigenvalue weighted by atomic mass is 10.1. The van der Waals surface area contributed by atoms with Crippen molar-refractivity contribution in [1.29, 1.82) is 0 Å². The molecule has 8 nitrogen and oxygen atoms in total. The second-order valence-electron chi connectivity index (χ2n) is 8.01. The van der Waals surface area contributed by atoms with E-state index in [1.807, 2.05) is 62.6 Å². The number of hydrazine groups is 1. The Morgan fingerprint density at radius 2 is 1.97 bits per heavy atom. The first-order valence-corrected chi connectivity index (χ1v) is 10.6. The van der Waals surface area contributed by atoms with E-state index in [4.69, 9.17) is 9.97 Å². The number of nitrogens with one attached hydrogen (secondary N) is 3. The number of aliphatic imine (C=N–C) groups is 1.